The summed E-state index contributed by atoms with van der Waals surface area (Å²) in [7, 11) is 0. The van der Waals surface area contributed by atoms with E-state index in [-0.39, 0.29) is 18.9 Å². The minimum atomic E-state index is -0.862. The van der Waals surface area contributed by atoms with Gasteiger partial charge >= 0.3 is 5.97 Å². The van der Waals surface area contributed by atoms with Crippen LogP contribution in [0.2, 0.25) is 0 Å². The lowest BCUT2D eigenvalue weighted by Crippen LogP contribution is -2.27. The molecule has 5 heteroatoms. The second-order valence-corrected chi connectivity index (χ2v) is 5.15. The molecule has 23 heavy (non-hydrogen) atoms. The van der Waals surface area contributed by atoms with E-state index >= 15 is 0 Å². The van der Waals surface area contributed by atoms with Gasteiger partial charge in [0.05, 0.1) is 13.0 Å². The van der Waals surface area contributed by atoms with Gasteiger partial charge in [0.25, 0.3) is 0 Å². The number of carbonyl (C=O) groups is 1. The lowest BCUT2D eigenvalue weighted by atomic mass is 10.1. The maximum atomic E-state index is 10.4. The molecule has 2 rings (SSSR count). The number of hydrogen-bond acceptors (Lipinski definition) is 4. The van der Waals surface area contributed by atoms with E-state index in [0.29, 0.717) is 12.3 Å². The van der Waals surface area contributed by atoms with Gasteiger partial charge in [0.15, 0.2) is 0 Å². The van der Waals surface area contributed by atoms with Crippen molar-refractivity contribution in [2.75, 3.05) is 13.1 Å². The summed E-state index contributed by atoms with van der Waals surface area (Å²) < 4.78 is 5.40. The number of ether oxygens (including phenoxy) is 1. The fraction of sp³-hybridized carbons (Fsp3) is 0.222. The zero-order chi connectivity index (χ0) is 16.5. The normalized spacial score (nSPS) is 10.3. The topological polar surface area (TPSA) is 82.4 Å². The number of aliphatic carboxylic acids is 1. The van der Waals surface area contributed by atoms with Crippen molar-refractivity contribution in [1.29, 1.82) is 5.41 Å². The zero-order valence-corrected chi connectivity index (χ0v) is 12.8. The van der Waals surface area contributed by atoms with Crippen LogP contribution in [0.15, 0.2) is 54.6 Å². The molecule has 0 atom stereocenters. The molecule has 0 radical (unpaired) electrons. The molecule has 0 aliphatic carbocycles. The average Bonchev–Trinajstić information content (AvgIpc) is 2.54. The van der Waals surface area contributed by atoms with Gasteiger partial charge in [-0.1, -0.05) is 42.5 Å². The predicted molar refractivity (Wildman–Crippen MR) is 89.2 cm³/mol. The van der Waals surface area contributed by atoms with Crippen molar-refractivity contribution < 1.29 is 14.6 Å². The van der Waals surface area contributed by atoms with E-state index in [0.717, 1.165) is 6.42 Å². The summed E-state index contributed by atoms with van der Waals surface area (Å²) in [5, 5.41) is 19.1. The summed E-state index contributed by atoms with van der Waals surface area (Å²) >= 11 is 0. The van der Waals surface area contributed by atoms with E-state index in [4.69, 9.17) is 15.3 Å². The molecule has 0 aromatic heterocycles. The molecular weight excluding hydrogens is 292 g/mol. The van der Waals surface area contributed by atoms with Crippen molar-refractivity contribution in [3.63, 3.8) is 0 Å². The van der Waals surface area contributed by atoms with E-state index in [9.17, 15) is 4.79 Å². The van der Waals surface area contributed by atoms with E-state index in [1.54, 1.807) is 0 Å². The highest BCUT2D eigenvalue weighted by atomic mass is 16.5. The molecule has 2 aromatic rings. The lowest BCUT2D eigenvalue weighted by molar-refractivity contribution is -0.136. The van der Waals surface area contributed by atoms with Gasteiger partial charge in [0.2, 0.25) is 5.90 Å². The van der Waals surface area contributed by atoms with E-state index in [2.05, 4.69) is 17.4 Å². The molecule has 0 aliphatic rings. The molecule has 0 saturated carbocycles. The van der Waals surface area contributed by atoms with Gasteiger partial charge in [-0.05, 0) is 29.7 Å². The van der Waals surface area contributed by atoms with Crippen molar-refractivity contribution in [3.05, 3.63) is 65.7 Å². The van der Waals surface area contributed by atoms with Gasteiger partial charge in [-0.15, -0.1) is 0 Å². The third kappa shape index (κ3) is 6.32. The molecule has 3 N–H and O–H groups in total. The number of carboxylic acids is 1. The van der Waals surface area contributed by atoms with Crippen molar-refractivity contribution in [1.82, 2.24) is 5.32 Å². The number of rotatable bonds is 8. The first-order valence-corrected chi connectivity index (χ1v) is 7.44. The molecule has 0 saturated heterocycles. The Morgan fingerprint density at radius 2 is 1.70 bits per heavy atom. The monoisotopic (exact) mass is 312 g/mol. The van der Waals surface area contributed by atoms with Crippen LogP contribution < -0.4 is 10.1 Å². The lowest BCUT2D eigenvalue weighted by Gasteiger charge is -2.09. The highest BCUT2D eigenvalue weighted by molar-refractivity contribution is 5.77. The van der Waals surface area contributed by atoms with Crippen LogP contribution in [0.25, 0.3) is 0 Å². The quantitative estimate of drug-likeness (QED) is 0.397. The molecule has 0 amide bonds. The minimum absolute atomic E-state index is 0.0292. The van der Waals surface area contributed by atoms with Crippen molar-refractivity contribution in [3.8, 4) is 5.75 Å². The molecule has 0 spiro atoms. The second kappa shape index (κ2) is 8.70. The van der Waals surface area contributed by atoms with Crippen LogP contribution in [-0.2, 0) is 11.2 Å². The SMILES string of the molecule is N=C(CNCCC(=O)O)Oc1ccc(Cc2ccccc2)cc1. The molecule has 0 fully saturated rings. The molecule has 0 bridgehead atoms. The van der Waals surface area contributed by atoms with Gasteiger partial charge in [-0.3, -0.25) is 10.2 Å². The number of carboxylic acid groups (broad SMARTS) is 1. The summed E-state index contributed by atoms with van der Waals surface area (Å²) in [5.41, 5.74) is 2.42. The van der Waals surface area contributed by atoms with Gasteiger partial charge in [-0.25, -0.2) is 0 Å². The number of benzene rings is 2. The van der Waals surface area contributed by atoms with Gasteiger partial charge in [-0.2, -0.15) is 0 Å². The highest BCUT2D eigenvalue weighted by Gasteiger charge is 2.03. The Morgan fingerprint density at radius 1 is 1.04 bits per heavy atom. The first-order valence-electron chi connectivity index (χ1n) is 7.44. The number of nitrogens with one attached hydrogen (secondary N) is 2. The first kappa shape index (κ1) is 16.7. The van der Waals surface area contributed by atoms with E-state index < -0.39 is 5.97 Å². The van der Waals surface area contributed by atoms with Crippen molar-refractivity contribution in [2.24, 2.45) is 0 Å². The Morgan fingerprint density at radius 3 is 2.35 bits per heavy atom. The van der Waals surface area contributed by atoms with Crippen molar-refractivity contribution >= 4 is 11.9 Å². The maximum absolute atomic E-state index is 10.4. The fourth-order valence-corrected chi connectivity index (χ4v) is 2.08. The Balaban J connectivity index is 1.78. The summed E-state index contributed by atoms with van der Waals surface area (Å²) in [5.74, 6) is -0.197. The molecule has 120 valence electrons. The van der Waals surface area contributed by atoms with Crippen LogP contribution in [0.3, 0.4) is 0 Å². The predicted octanol–water partition coefficient (Wildman–Crippen LogP) is 2.70. The first-order chi connectivity index (χ1) is 11.1. The van der Waals surface area contributed by atoms with Crippen LogP contribution in [-0.4, -0.2) is 30.1 Å². The summed E-state index contributed by atoms with van der Waals surface area (Å²) in [6.45, 7) is 0.524. The second-order valence-electron chi connectivity index (χ2n) is 5.15. The third-order valence-electron chi connectivity index (χ3n) is 3.22. The Kier molecular flexibility index (Phi) is 6.32. The molecule has 0 heterocycles. The van der Waals surface area contributed by atoms with E-state index in [1.165, 1.54) is 11.1 Å². The Bertz CT molecular complexity index is 639. The summed E-state index contributed by atoms with van der Waals surface area (Å²) in [6.07, 6.45) is 0.886. The van der Waals surface area contributed by atoms with Crippen LogP contribution in [0.4, 0.5) is 0 Å². The molecular formula is C18H20N2O3. The van der Waals surface area contributed by atoms with Gasteiger partial charge < -0.3 is 15.2 Å². The zero-order valence-electron chi connectivity index (χ0n) is 12.8. The molecule has 5 nitrogen and oxygen atoms in total. The van der Waals surface area contributed by atoms with Crippen LogP contribution in [0.5, 0.6) is 5.75 Å². The summed E-state index contributed by atoms with van der Waals surface area (Å²) in [4.78, 5) is 10.4. The molecule has 0 aliphatic heterocycles. The van der Waals surface area contributed by atoms with Crippen LogP contribution in [0, 0.1) is 5.41 Å². The number of hydrogen-bond donors (Lipinski definition) is 3. The molecule has 0 unspecified atom stereocenters. The van der Waals surface area contributed by atoms with Gasteiger partial charge in [0.1, 0.15) is 5.75 Å². The molecule has 2 aromatic carbocycles. The third-order valence-corrected chi connectivity index (χ3v) is 3.22. The van der Waals surface area contributed by atoms with Crippen LogP contribution >= 0.6 is 0 Å². The highest BCUT2D eigenvalue weighted by Crippen LogP contribution is 2.15. The summed E-state index contributed by atoms with van der Waals surface area (Å²) in [6, 6.07) is 17.8. The smallest absolute Gasteiger partial charge is 0.304 e. The average molecular weight is 312 g/mol. The Hall–Kier alpha value is -2.66. The van der Waals surface area contributed by atoms with Crippen LogP contribution in [0.1, 0.15) is 17.5 Å². The Labute approximate surface area is 135 Å². The van der Waals surface area contributed by atoms with Crippen molar-refractivity contribution in [2.45, 2.75) is 12.8 Å². The van der Waals surface area contributed by atoms with Gasteiger partial charge in [0, 0.05) is 6.54 Å². The fourth-order valence-electron chi connectivity index (χ4n) is 2.08. The van der Waals surface area contributed by atoms with E-state index in [1.807, 2.05) is 42.5 Å². The standard InChI is InChI=1S/C18H20N2O3/c19-17(13-20-11-10-18(21)22)23-16-8-6-15(7-9-16)12-14-4-2-1-3-5-14/h1-9,19-20H,10-13H2,(H,21,22). The minimum Gasteiger partial charge on any atom is -0.481 e. The largest absolute Gasteiger partial charge is 0.481 e. The maximum Gasteiger partial charge on any atom is 0.304 e.